The van der Waals surface area contributed by atoms with Gasteiger partial charge in [0.15, 0.2) is 0 Å². The van der Waals surface area contributed by atoms with Gasteiger partial charge in [-0.25, -0.2) is 0 Å². The maximum absolute atomic E-state index is 6.23. The van der Waals surface area contributed by atoms with Crippen LogP contribution >= 0.6 is 22.9 Å². The van der Waals surface area contributed by atoms with Gasteiger partial charge in [0.1, 0.15) is 0 Å². The highest BCUT2D eigenvalue weighted by molar-refractivity contribution is 7.08. The normalized spacial score (nSPS) is 14.9. The summed E-state index contributed by atoms with van der Waals surface area (Å²) in [5.41, 5.74) is 1.40. The summed E-state index contributed by atoms with van der Waals surface area (Å²) in [5, 5.41) is 4.31. The topological polar surface area (TPSA) is 0 Å². The minimum absolute atomic E-state index is 0.133. The largest absolute Gasteiger partial charge is 0.152 e. The second-order valence-electron chi connectivity index (χ2n) is 3.79. The molecule has 0 fully saturated rings. The Bertz CT molecular complexity index is 208. The van der Waals surface area contributed by atoms with Crippen LogP contribution in [0.5, 0.6) is 0 Å². The molecule has 0 saturated carbocycles. The second kappa shape index (κ2) is 3.16. The summed E-state index contributed by atoms with van der Waals surface area (Å²) in [5.74, 6) is 0. The van der Waals surface area contributed by atoms with E-state index in [0.29, 0.717) is 0 Å². The molecule has 0 aliphatic rings. The number of halogens is 1. The van der Waals surface area contributed by atoms with E-state index in [-0.39, 0.29) is 10.8 Å². The number of hydrogen-bond donors (Lipinski definition) is 0. The Morgan fingerprint density at radius 2 is 2.09 bits per heavy atom. The van der Waals surface area contributed by atoms with Crippen LogP contribution in [0.2, 0.25) is 0 Å². The fourth-order valence-electron chi connectivity index (χ4n) is 0.919. The average Bonchev–Trinajstić information content (AvgIpc) is 2.34. The lowest BCUT2D eigenvalue weighted by molar-refractivity contribution is 0.396. The van der Waals surface area contributed by atoms with Crippen LogP contribution in [-0.2, 0) is 0 Å². The molecule has 11 heavy (non-hydrogen) atoms. The fraction of sp³-hybridized carbons (Fsp3) is 0.556. The third-order valence-electron chi connectivity index (χ3n) is 1.60. The van der Waals surface area contributed by atoms with Crippen molar-refractivity contribution in [2.45, 2.75) is 26.1 Å². The van der Waals surface area contributed by atoms with E-state index in [2.05, 4.69) is 37.6 Å². The van der Waals surface area contributed by atoms with Gasteiger partial charge in [-0.1, -0.05) is 20.8 Å². The zero-order valence-electron chi connectivity index (χ0n) is 7.10. The molecule has 1 aromatic rings. The summed E-state index contributed by atoms with van der Waals surface area (Å²) in [7, 11) is 0. The molecule has 2 heteroatoms. The van der Waals surface area contributed by atoms with Crippen molar-refractivity contribution in [3.8, 4) is 0 Å². The van der Waals surface area contributed by atoms with Gasteiger partial charge in [0, 0.05) is 0 Å². The maximum atomic E-state index is 6.23. The van der Waals surface area contributed by atoms with Crippen LogP contribution in [0.25, 0.3) is 0 Å². The van der Waals surface area contributed by atoms with Crippen molar-refractivity contribution in [1.82, 2.24) is 0 Å². The van der Waals surface area contributed by atoms with E-state index in [1.165, 1.54) is 5.56 Å². The van der Waals surface area contributed by atoms with Crippen molar-refractivity contribution in [1.29, 1.82) is 0 Å². The van der Waals surface area contributed by atoms with E-state index in [1.807, 2.05) is 0 Å². The van der Waals surface area contributed by atoms with E-state index < -0.39 is 0 Å². The van der Waals surface area contributed by atoms with Gasteiger partial charge in [-0.15, -0.1) is 11.6 Å². The SMILES string of the molecule is CC(C)(C)C(Cl)c1ccsc1. The van der Waals surface area contributed by atoms with Crippen molar-refractivity contribution in [3.63, 3.8) is 0 Å². The van der Waals surface area contributed by atoms with Gasteiger partial charge >= 0.3 is 0 Å². The lowest BCUT2D eigenvalue weighted by Crippen LogP contribution is -2.12. The van der Waals surface area contributed by atoms with Crippen LogP contribution in [-0.4, -0.2) is 0 Å². The zero-order valence-corrected chi connectivity index (χ0v) is 8.67. The summed E-state index contributed by atoms with van der Waals surface area (Å²) in [4.78, 5) is 0. The van der Waals surface area contributed by atoms with E-state index >= 15 is 0 Å². The first kappa shape index (κ1) is 9.08. The molecule has 62 valence electrons. The molecule has 0 bridgehead atoms. The highest BCUT2D eigenvalue weighted by atomic mass is 35.5. The fourth-order valence-corrected chi connectivity index (χ4v) is 1.82. The Balaban J connectivity index is 2.78. The van der Waals surface area contributed by atoms with Gasteiger partial charge in [-0.2, -0.15) is 11.3 Å². The molecular weight excluding hydrogens is 176 g/mol. The molecule has 0 saturated heterocycles. The quantitative estimate of drug-likeness (QED) is 0.583. The molecule has 0 radical (unpaired) electrons. The monoisotopic (exact) mass is 188 g/mol. The molecular formula is C9H13ClS. The Morgan fingerprint density at radius 1 is 1.45 bits per heavy atom. The summed E-state index contributed by atoms with van der Waals surface area (Å²) in [6.45, 7) is 6.47. The smallest absolute Gasteiger partial charge is 0.0641 e. The Hall–Kier alpha value is -0.0100. The predicted octanol–water partition coefficient (Wildman–Crippen LogP) is 4.07. The number of hydrogen-bond acceptors (Lipinski definition) is 1. The van der Waals surface area contributed by atoms with Crippen molar-refractivity contribution in [3.05, 3.63) is 22.4 Å². The highest BCUT2D eigenvalue weighted by Crippen LogP contribution is 2.38. The van der Waals surface area contributed by atoms with Gasteiger partial charge in [-0.05, 0) is 27.8 Å². The summed E-state index contributed by atoms with van der Waals surface area (Å²) >= 11 is 7.93. The van der Waals surface area contributed by atoms with Gasteiger partial charge in [0.2, 0.25) is 0 Å². The minimum atomic E-state index is 0.133. The van der Waals surface area contributed by atoms with Gasteiger partial charge in [0.05, 0.1) is 5.38 Å². The third-order valence-corrected chi connectivity index (χ3v) is 3.20. The molecule has 1 aromatic heterocycles. The molecule has 0 spiro atoms. The van der Waals surface area contributed by atoms with Crippen molar-refractivity contribution in [2.75, 3.05) is 0 Å². The molecule has 0 aliphatic heterocycles. The van der Waals surface area contributed by atoms with E-state index in [9.17, 15) is 0 Å². The van der Waals surface area contributed by atoms with Crippen LogP contribution < -0.4 is 0 Å². The molecule has 0 aliphatic carbocycles. The van der Waals surface area contributed by atoms with Gasteiger partial charge in [0.25, 0.3) is 0 Å². The van der Waals surface area contributed by atoms with Gasteiger partial charge in [-0.3, -0.25) is 0 Å². The highest BCUT2D eigenvalue weighted by Gasteiger charge is 2.23. The van der Waals surface area contributed by atoms with E-state index in [1.54, 1.807) is 11.3 Å². The second-order valence-corrected chi connectivity index (χ2v) is 5.00. The Labute approximate surface area is 77.2 Å². The average molecular weight is 189 g/mol. The first-order valence-electron chi connectivity index (χ1n) is 3.68. The van der Waals surface area contributed by atoms with Gasteiger partial charge < -0.3 is 0 Å². The zero-order chi connectivity index (χ0) is 8.48. The van der Waals surface area contributed by atoms with Crippen molar-refractivity contribution in [2.24, 2.45) is 5.41 Å². The molecule has 0 N–H and O–H groups in total. The summed E-state index contributed by atoms with van der Waals surface area (Å²) < 4.78 is 0. The van der Waals surface area contributed by atoms with Crippen LogP contribution in [0, 0.1) is 5.41 Å². The minimum Gasteiger partial charge on any atom is -0.152 e. The first-order chi connectivity index (χ1) is 5.02. The van der Waals surface area contributed by atoms with Crippen molar-refractivity contribution < 1.29 is 0 Å². The van der Waals surface area contributed by atoms with Crippen molar-refractivity contribution >= 4 is 22.9 Å². The third kappa shape index (κ3) is 2.21. The number of alkyl halides is 1. The molecule has 1 unspecified atom stereocenters. The molecule has 1 rings (SSSR count). The molecule has 0 amide bonds. The Kier molecular flexibility index (Phi) is 2.61. The lowest BCUT2D eigenvalue weighted by Gasteiger charge is -2.24. The molecule has 0 nitrogen and oxygen atoms in total. The molecule has 1 atom stereocenters. The number of rotatable bonds is 1. The maximum Gasteiger partial charge on any atom is 0.0641 e. The Morgan fingerprint density at radius 3 is 2.45 bits per heavy atom. The summed E-state index contributed by atoms with van der Waals surface area (Å²) in [6.07, 6.45) is 0. The standard InChI is InChI=1S/C9H13ClS/c1-9(2,3)8(10)7-4-5-11-6-7/h4-6,8H,1-3H3. The number of thiophene rings is 1. The molecule has 0 aromatic carbocycles. The van der Waals surface area contributed by atoms with Crippen LogP contribution in [0.1, 0.15) is 31.7 Å². The van der Waals surface area contributed by atoms with E-state index in [4.69, 9.17) is 11.6 Å². The van der Waals surface area contributed by atoms with E-state index in [0.717, 1.165) is 0 Å². The van der Waals surface area contributed by atoms with Crippen LogP contribution in [0.15, 0.2) is 16.8 Å². The predicted molar refractivity (Wildman–Crippen MR) is 52.4 cm³/mol. The molecule has 1 heterocycles. The van der Waals surface area contributed by atoms with Crippen LogP contribution in [0.3, 0.4) is 0 Å². The lowest BCUT2D eigenvalue weighted by atomic mass is 9.89. The van der Waals surface area contributed by atoms with Crippen LogP contribution in [0.4, 0.5) is 0 Å². The summed E-state index contributed by atoms with van der Waals surface area (Å²) in [6, 6.07) is 2.09. The first-order valence-corrected chi connectivity index (χ1v) is 5.06.